The van der Waals surface area contributed by atoms with Gasteiger partial charge in [-0.25, -0.2) is 0 Å². The number of aliphatic hydroxyl groups excluding tert-OH is 8. The Labute approximate surface area is 373 Å². The molecule has 2 saturated heterocycles. The minimum Gasteiger partial charge on any atom is -0.394 e. The van der Waals surface area contributed by atoms with E-state index in [0.29, 0.717) is 12.8 Å². The third kappa shape index (κ3) is 23.1. The van der Waals surface area contributed by atoms with E-state index in [4.69, 9.17) is 18.9 Å². The molecule has 14 nitrogen and oxygen atoms in total. The maximum absolute atomic E-state index is 13.1. The molecular weight excluding hydrogens is 799 g/mol. The second-order valence-electron chi connectivity index (χ2n) is 17.6. The molecule has 2 aliphatic heterocycles. The first kappa shape index (κ1) is 56.6. The molecule has 0 spiro atoms. The van der Waals surface area contributed by atoms with E-state index in [2.05, 4.69) is 31.3 Å². The van der Waals surface area contributed by atoms with Gasteiger partial charge in [0, 0.05) is 6.42 Å². The van der Waals surface area contributed by atoms with Gasteiger partial charge in [0.25, 0.3) is 0 Å². The number of rotatable bonds is 37. The van der Waals surface area contributed by atoms with Crippen molar-refractivity contribution in [1.29, 1.82) is 0 Å². The van der Waals surface area contributed by atoms with Gasteiger partial charge in [-0.1, -0.05) is 167 Å². The van der Waals surface area contributed by atoms with Crippen LogP contribution in [0.1, 0.15) is 181 Å². The number of unbranched alkanes of at least 4 members (excludes halogenated alkanes) is 22. The summed E-state index contributed by atoms with van der Waals surface area (Å²) in [4.78, 5) is 13.1. The van der Waals surface area contributed by atoms with E-state index in [9.17, 15) is 45.6 Å². The Balaban J connectivity index is 1.88. The summed E-state index contributed by atoms with van der Waals surface area (Å²) in [6, 6.07) is -0.924. The molecule has 2 rings (SSSR count). The van der Waals surface area contributed by atoms with Crippen molar-refractivity contribution in [2.75, 3.05) is 19.8 Å². The predicted octanol–water partition coefficient (Wildman–Crippen LogP) is 5.77. The van der Waals surface area contributed by atoms with E-state index in [-0.39, 0.29) is 18.9 Å². The Bertz CT molecular complexity index is 1140. The normalized spacial score (nSPS) is 27.9. The molecule has 14 heteroatoms. The summed E-state index contributed by atoms with van der Waals surface area (Å²) >= 11 is 0. The van der Waals surface area contributed by atoms with E-state index >= 15 is 0 Å². The molecule has 62 heavy (non-hydrogen) atoms. The summed E-state index contributed by atoms with van der Waals surface area (Å²) in [5.74, 6) is -0.250. The van der Waals surface area contributed by atoms with E-state index < -0.39 is 86.8 Å². The van der Waals surface area contributed by atoms with Gasteiger partial charge in [0.2, 0.25) is 5.91 Å². The molecule has 9 N–H and O–H groups in total. The van der Waals surface area contributed by atoms with Crippen molar-refractivity contribution >= 4 is 5.91 Å². The van der Waals surface area contributed by atoms with Gasteiger partial charge in [-0.05, 0) is 32.1 Å². The average Bonchev–Trinajstić information content (AvgIpc) is 3.27. The van der Waals surface area contributed by atoms with Crippen molar-refractivity contribution in [3.05, 3.63) is 24.3 Å². The zero-order valence-electron chi connectivity index (χ0n) is 38.4. The molecule has 0 radical (unpaired) electrons. The maximum atomic E-state index is 13.1. The van der Waals surface area contributed by atoms with Crippen molar-refractivity contribution in [2.45, 2.75) is 254 Å². The number of nitrogens with one attached hydrogen (secondary N) is 1. The molecule has 12 atom stereocenters. The Kier molecular flexibility index (Phi) is 32.6. The molecule has 0 saturated carbocycles. The minimum absolute atomic E-state index is 0.250. The van der Waals surface area contributed by atoms with Crippen LogP contribution in [0.4, 0.5) is 0 Å². The van der Waals surface area contributed by atoms with Gasteiger partial charge < -0.3 is 65.1 Å². The number of ether oxygens (including phenoxy) is 4. The summed E-state index contributed by atoms with van der Waals surface area (Å²) in [6.07, 6.45) is 20.8. The fourth-order valence-electron chi connectivity index (χ4n) is 8.07. The van der Waals surface area contributed by atoms with Crippen LogP contribution in [0.3, 0.4) is 0 Å². The fourth-order valence-corrected chi connectivity index (χ4v) is 8.07. The summed E-state index contributed by atoms with van der Waals surface area (Å²) in [6.45, 7) is 2.75. The van der Waals surface area contributed by atoms with Crippen molar-refractivity contribution in [1.82, 2.24) is 5.32 Å². The Morgan fingerprint density at radius 2 is 1.03 bits per heavy atom. The van der Waals surface area contributed by atoms with Crippen LogP contribution >= 0.6 is 0 Å². The topological polar surface area (TPSA) is 228 Å². The summed E-state index contributed by atoms with van der Waals surface area (Å²) < 4.78 is 22.6. The Hall–Kier alpha value is -1.53. The number of amides is 1. The summed E-state index contributed by atoms with van der Waals surface area (Å²) in [5, 5.41) is 86.6. The van der Waals surface area contributed by atoms with Crippen LogP contribution in [-0.4, -0.2) is 140 Å². The second kappa shape index (κ2) is 35.7. The monoisotopic (exact) mass is 888 g/mol. The largest absolute Gasteiger partial charge is 0.394 e. The first-order chi connectivity index (χ1) is 30.1. The molecule has 0 aliphatic carbocycles. The molecule has 364 valence electrons. The van der Waals surface area contributed by atoms with Gasteiger partial charge in [-0.15, -0.1) is 0 Å². The van der Waals surface area contributed by atoms with E-state index in [1.807, 2.05) is 6.08 Å². The Morgan fingerprint density at radius 1 is 0.565 bits per heavy atom. The number of carbonyl (C=O) groups excluding carboxylic acids is 1. The van der Waals surface area contributed by atoms with Gasteiger partial charge >= 0.3 is 0 Å². The van der Waals surface area contributed by atoms with Crippen LogP contribution in [0.2, 0.25) is 0 Å². The molecule has 12 unspecified atom stereocenters. The van der Waals surface area contributed by atoms with E-state index in [1.165, 1.54) is 116 Å². The van der Waals surface area contributed by atoms with Crippen LogP contribution in [0, 0.1) is 0 Å². The third-order valence-corrected chi connectivity index (χ3v) is 12.1. The summed E-state index contributed by atoms with van der Waals surface area (Å²) in [7, 11) is 0. The number of hydrogen-bond donors (Lipinski definition) is 9. The predicted molar refractivity (Wildman–Crippen MR) is 240 cm³/mol. The molecule has 2 fully saturated rings. The smallest absolute Gasteiger partial charge is 0.220 e. The fraction of sp³-hybridized carbons (Fsp3) is 0.896. The number of aliphatic hydroxyl groups is 8. The highest BCUT2D eigenvalue weighted by Crippen LogP contribution is 2.30. The number of carbonyl (C=O) groups is 1. The zero-order valence-corrected chi connectivity index (χ0v) is 38.4. The first-order valence-corrected chi connectivity index (χ1v) is 24.6. The highest BCUT2D eigenvalue weighted by molar-refractivity contribution is 5.76. The van der Waals surface area contributed by atoms with Crippen LogP contribution in [0.5, 0.6) is 0 Å². The quantitative estimate of drug-likeness (QED) is 0.0267. The Morgan fingerprint density at radius 3 is 1.58 bits per heavy atom. The van der Waals surface area contributed by atoms with Gasteiger partial charge in [0.15, 0.2) is 12.6 Å². The first-order valence-electron chi connectivity index (χ1n) is 24.6. The average molecular weight is 888 g/mol. The molecule has 1 amide bonds. The van der Waals surface area contributed by atoms with Crippen molar-refractivity contribution in [2.24, 2.45) is 0 Å². The molecule has 0 aromatic rings. The van der Waals surface area contributed by atoms with Gasteiger partial charge in [0.1, 0.15) is 48.8 Å². The molecule has 0 aromatic carbocycles. The van der Waals surface area contributed by atoms with Gasteiger partial charge in [0.05, 0.1) is 32.0 Å². The highest BCUT2D eigenvalue weighted by atomic mass is 16.7. The lowest BCUT2D eigenvalue weighted by Crippen LogP contribution is -2.65. The van der Waals surface area contributed by atoms with Crippen molar-refractivity contribution < 1.29 is 64.6 Å². The van der Waals surface area contributed by atoms with E-state index in [0.717, 1.165) is 32.1 Å². The van der Waals surface area contributed by atoms with Crippen LogP contribution in [0.15, 0.2) is 24.3 Å². The van der Waals surface area contributed by atoms with Crippen LogP contribution in [0.25, 0.3) is 0 Å². The molecular formula is C48H89NO13. The summed E-state index contributed by atoms with van der Waals surface area (Å²) in [5.41, 5.74) is 0. The molecule has 0 aromatic heterocycles. The maximum Gasteiger partial charge on any atom is 0.220 e. The second-order valence-corrected chi connectivity index (χ2v) is 17.6. The zero-order chi connectivity index (χ0) is 45.4. The standard InChI is InChI=1S/C48H89NO13/c1-3-5-7-9-11-13-15-17-18-20-22-24-26-28-30-32-40(53)49-36(37(52)31-29-27-25-23-21-19-16-14-12-10-8-6-4-2)35-59-47-45(58)43(56)46(39(34-51)61-47)62-48-44(57)42(55)41(54)38(33-50)60-48/h21,23,29,31,36-39,41-48,50-52,54-58H,3-20,22,24-28,30,32-35H2,1-2H3,(H,49,53)/b23-21+,31-29+. The van der Waals surface area contributed by atoms with E-state index in [1.54, 1.807) is 6.08 Å². The SMILES string of the molecule is CCCCCCCCC/C=C/CC/C=C/C(O)C(COC1OC(CO)C(OC2OC(CO)C(O)C(O)C2O)C(O)C1O)NC(=O)CCCCCCCCCCCCCCCCC. The lowest BCUT2D eigenvalue weighted by atomic mass is 9.97. The van der Waals surface area contributed by atoms with Crippen molar-refractivity contribution in [3.8, 4) is 0 Å². The van der Waals surface area contributed by atoms with Gasteiger partial charge in [-0.3, -0.25) is 4.79 Å². The molecule has 0 bridgehead atoms. The lowest BCUT2D eigenvalue weighted by molar-refractivity contribution is -0.359. The van der Waals surface area contributed by atoms with Crippen LogP contribution in [-0.2, 0) is 23.7 Å². The molecule has 2 heterocycles. The van der Waals surface area contributed by atoms with Crippen LogP contribution < -0.4 is 5.32 Å². The highest BCUT2D eigenvalue weighted by Gasteiger charge is 2.51. The lowest BCUT2D eigenvalue weighted by Gasteiger charge is -2.46. The van der Waals surface area contributed by atoms with Crippen molar-refractivity contribution in [3.63, 3.8) is 0 Å². The molecule has 2 aliphatic rings. The number of allylic oxidation sites excluding steroid dienone is 3. The minimum atomic E-state index is -1.79. The third-order valence-electron chi connectivity index (χ3n) is 12.1. The van der Waals surface area contributed by atoms with Gasteiger partial charge in [-0.2, -0.15) is 0 Å². The number of hydrogen-bond acceptors (Lipinski definition) is 13.